The van der Waals surface area contributed by atoms with Crippen molar-refractivity contribution in [3.05, 3.63) is 34.9 Å². The lowest BCUT2D eigenvalue weighted by Crippen LogP contribution is -2.45. The van der Waals surface area contributed by atoms with Crippen LogP contribution in [0.5, 0.6) is 0 Å². The Morgan fingerprint density at radius 1 is 1.35 bits per heavy atom. The first-order valence-electron chi connectivity index (χ1n) is 7.92. The molecule has 7 heteroatoms. The molecule has 0 aromatic heterocycles. The van der Waals surface area contributed by atoms with Crippen molar-refractivity contribution in [2.45, 2.75) is 31.9 Å². The molecule has 0 radical (unpaired) electrons. The Balaban J connectivity index is 2.01. The maximum atomic E-state index is 12.6. The van der Waals surface area contributed by atoms with Crippen LogP contribution < -0.4 is 5.32 Å². The van der Waals surface area contributed by atoms with Crippen LogP contribution in [0.3, 0.4) is 0 Å². The Morgan fingerprint density at radius 2 is 2.04 bits per heavy atom. The molecule has 1 atom stereocenters. The second kappa shape index (κ2) is 8.13. The van der Waals surface area contributed by atoms with Gasteiger partial charge in [-0.15, -0.1) is 0 Å². The average Bonchev–Trinajstić information content (AvgIpc) is 2.54. The minimum atomic E-state index is -3.43. The number of sulfonamides is 1. The largest absolute Gasteiger partial charge is 0.356 e. The fraction of sp³-hybridized carbons (Fsp3) is 0.562. The van der Waals surface area contributed by atoms with Crippen LogP contribution in [0.25, 0.3) is 0 Å². The van der Waals surface area contributed by atoms with Crippen LogP contribution in [-0.4, -0.2) is 38.3 Å². The van der Waals surface area contributed by atoms with Gasteiger partial charge in [0.15, 0.2) is 0 Å². The van der Waals surface area contributed by atoms with E-state index in [0.29, 0.717) is 30.1 Å². The number of piperidine rings is 1. The normalized spacial score (nSPS) is 19.5. The third-order valence-electron chi connectivity index (χ3n) is 3.96. The van der Waals surface area contributed by atoms with Crippen molar-refractivity contribution in [2.75, 3.05) is 19.6 Å². The van der Waals surface area contributed by atoms with E-state index in [0.717, 1.165) is 12.8 Å². The van der Waals surface area contributed by atoms with E-state index >= 15 is 0 Å². The monoisotopic (exact) mass is 358 g/mol. The van der Waals surface area contributed by atoms with E-state index < -0.39 is 10.0 Å². The van der Waals surface area contributed by atoms with Crippen molar-refractivity contribution < 1.29 is 13.2 Å². The van der Waals surface area contributed by atoms with Crippen molar-refractivity contribution in [1.29, 1.82) is 0 Å². The van der Waals surface area contributed by atoms with Crippen molar-refractivity contribution in [1.82, 2.24) is 9.62 Å². The van der Waals surface area contributed by atoms with Gasteiger partial charge in [-0.1, -0.05) is 30.7 Å². The number of amides is 1. The molecule has 128 valence electrons. The fourth-order valence-corrected chi connectivity index (χ4v) is 4.42. The van der Waals surface area contributed by atoms with Crippen LogP contribution in [0, 0.1) is 5.92 Å². The van der Waals surface area contributed by atoms with Gasteiger partial charge in [0.25, 0.3) is 0 Å². The van der Waals surface area contributed by atoms with E-state index in [-0.39, 0.29) is 24.1 Å². The summed E-state index contributed by atoms with van der Waals surface area (Å²) < 4.78 is 26.6. The molecule has 23 heavy (non-hydrogen) atoms. The lowest BCUT2D eigenvalue weighted by molar-refractivity contribution is -0.126. The standard InChI is InChI=1S/C16H23ClN2O3S/c1-2-9-18-16(20)14-4-3-10-19(11-14)23(21,22)12-13-5-7-15(17)8-6-13/h5-8,14H,2-4,9-12H2,1H3,(H,18,20). The Kier molecular flexibility index (Phi) is 6.44. The number of carbonyl (C=O) groups is 1. The van der Waals surface area contributed by atoms with Crippen LogP contribution in [0.4, 0.5) is 0 Å². The zero-order valence-corrected chi connectivity index (χ0v) is 14.9. The minimum absolute atomic E-state index is 0.0433. The van der Waals surface area contributed by atoms with Crippen LogP contribution in [-0.2, 0) is 20.6 Å². The summed E-state index contributed by atoms with van der Waals surface area (Å²) in [5.74, 6) is -0.360. The Morgan fingerprint density at radius 3 is 2.70 bits per heavy atom. The molecule has 1 N–H and O–H groups in total. The minimum Gasteiger partial charge on any atom is -0.356 e. The molecular formula is C16H23ClN2O3S. The molecule has 0 aliphatic carbocycles. The summed E-state index contributed by atoms with van der Waals surface area (Å²) in [5, 5.41) is 3.44. The Hall–Kier alpha value is -1.11. The van der Waals surface area contributed by atoms with Gasteiger partial charge in [0.05, 0.1) is 11.7 Å². The highest BCUT2D eigenvalue weighted by Gasteiger charge is 2.32. The number of rotatable bonds is 6. The smallest absolute Gasteiger partial charge is 0.224 e. The van der Waals surface area contributed by atoms with Gasteiger partial charge in [-0.3, -0.25) is 4.79 Å². The topological polar surface area (TPSA) is 66.5 Å². The van der Waals surface area contributed by atoms with Gasteiger partial charge in [0.2, 0.25) is 15.9 Å². The van der Waals surface area contributed by atoms with Crippen molar-refractivity contribution in [2.24, 2.45) is 5.92 Å². The number of nitrogens with one attached hydrogen (secondary N) is 1. The molecule has 1 unspecified atom stereocenters. The molecule has 0 bridgehead atoms. The molecule has 1 saturated heterocycles. The SMILES string of the molecule is CCCNC(=O)C1CCCN(S(=O)(=O)Cc2ccc(Cl)cc2)C1. The van der Waals surface area contributed by atoms with Gasteiger partial charge in [0.1, 0.15) is 0 Å². The second-order valence-corrected chi connectivity index (χ2v) is 8.28. The lowest BCUT2D eigenvalue weighted by atomic mass is 9.99. The van der Waals surface area contributed by atoms with Gasteiger partial charge in [-0.2, -0.15) is 0 Å². The van der Waals surface area contributed by atoms with Gasteiger partial charge in [0, 0.05) is 24.7 Å². The molecule has 1 aliphatic heterocycles. The summed E-state index contributed by atoms with van der Waals surface area (Å²) in [6.07, 6.45) is 2.32. The summed E-state index contributed by atoms with van der Waals surface area (Å²) in [6.45, 7) is 3.37. The fourth-order valence-electron chi connectivity index (χ4n) is 2.68. The maximum Gasteiger partial charge on any atom is 0.224 e. The first kappa shape index (κ1) is 18.2. The molecular weight excluding hydrogens is 336 g/mol. The number of hydrogen-bond donors (Lipinski definition) is 1. The van der Waals surface area contributed by atoms with Crippen molar-refractivity contribution in [3.8, 4) is 0 Å². The van der Waals surface area contributed by atoms with Crippen molar-refractivity contribution >= 4 is 27.5 Å². The van der Waals surface area contributed by atoms with Gasteiger partial charge in [-0.05, 0) is 37.0 Å². The van der Waals surface area contributed by atoms with E-state index in [1.807, 2.05) is 6.92 Å². The van der Waals surface area contributed by atoms with Crippen LogP contribution in [0.15, 0.2) is 24.3 Å². The lowest BCUT2D eigenvalue weighted by Gasteiger charge is -2.31. The number of benzene rings is 1. The highest BCUT2D eigenvalue weighted by molar-refractivity contribution is 7.88. The highest BCUT2D eigenvalue weighted by atomic mass is 35.5. The number of halogens is 1. The molecule has 1 fully saturated rings. The third-order valence-corrected chi connectivity index (χ3v) is 6.03. The predicted octanol–water partition coefficient (Wildman–Crippen LogP) is 2.41. The van der Waals surface area contributed by atoms with Gasteiger partial charge >= 0.3 is 0 Å². The van der Waals surface area contributed by atoms with Gasteiger partial charge in [-0.25, -0.2) is 12.7 Å². The van der Waals surface area contributed by atoms with E-state index in [9.17, 15) is 13.2 Å². The number of carbonyl (C=O) groups excluding carboxylic acids is 1. The zero-order valence-electron chi connectivity index (χ0n) is 13.3. The molecule has 5 nitrogen and oxygen atoms in total. The summed E-state index contributed by atoms with van der Waals surface area (Å²) >= 11 is 5.82. The van der Waals surface area contributed by atoms with Crippen LogP contribution >= 0.6 is 11.6 Å². The first-order chi connectivity index (χ1) is 10.9. The van der Waals surface area contributed by atoms with E-state index in [4.69, 9.17) is 11.6 Å². The first-order valence-corrected chi connectivity index (χ1v) is 9.91. The molecule has 2 rings (SSSR count). The quantitative estimate of drug-likeness (QED) is 0.849. The number of nitrogens with zero attached hydrogens (tertiary/aromatic N) is 1. The molecule has 1 heterocycles. The van der Waals surface area contributed by atoms with Gasteiger partial charge < -0.3 is 5.32 Å². The summed E-state index contributed by atoms with van der Waals surface area (Å²) in [5.41, 5.74) is 0.701. The second-order valence-electron chi connectivity index (χ2n) is 5.87. The Bertz CT molecular complexity index is 631. The number of hydrogen-bond acceptors (Lipinski definition) is 3. The van der Waals surface area contributed by atoms with Crippen LogP contribution in [0.1, 0.15) is 31.7 Å². The predicted molar refractivity (Wildman–Crippen MR) is 91.7 cm³/mol. The van der Waals surface area contributed by atoms with Crippen molar-refractivity contribution in [3.63, 3.8) is 0 Å². The highest BCUT2D eigenvalue weighted by Crippen LogP contribution is 2.22. The summed E-state index contributed by atoms with van der Waals surface area (Å²) in [4.78, 5) is 12.1. The van der Waals surface area contributed by atoms with E-state index in [2.05, 4.69) is 5.32 Å². The summed E-state index contributed by atoms with van der Waals surface area (Å²) in [6, 6.07) is 6.80. The molecule has 1 aromatic carbocycles. The van der Waals surface area contributed by atoms with E-state index in [1.165, 1.54) is 4.31 Å². The zero-order chi connectivity index (χ0) is 16.9. The maximum absolute atomic E-state index is 12.6. The Labute approximate surface area is 143 Å². The molecule has 0 spiro atoms. The molecule has 0 saturated carbocycles. The van der Waals surface area contributed by atoms with E-state index in [1.54, 1.807) is 24.3 Å². The summed E-state index contributed by atoms with van der Waals surface area (Å²) in [7, 11) is -3.43. The molecule has 1 aliphatic rings. The van der Waals surface area contributed by atoms with Crippen LogP contribution in [0.2, 0.25) is 5.02 Å². The third kappa shape index (κ3) is 5.19. The average molecular weight is 359 g/mol. The molecule has 1 aromatic rings. The molecule has 1 amide bonds.